The first kappa shape index (κ1) is 15.0. The van der Waals surface area contributed by atoms with Crippen LogP contribution < -0.4 is 15.5 Å². The third kappa shape index (κ3) is 3.77. The summed E-state index contributed by atoms with van der Waals surface area (Å²) in [6.07, 6.45) is 0. The molecule has 0 bridgehead atoms. The lowest BCUT2D eigenvalue weighted by Crippen LogP contribution is -2.17. The molecule has 0 aliphatic carbocycles. The third-order valence-electron chi connectivity index (χ3n) is 2.96. The molecule has 7 heteroatoms. The molecule has 0 aliphatic rings. The summed E-state index contributed by atoms with van der Waals surface area (Å²) < 4.78 is 13.0. The maximum atomic E-state index is 13.0. The maximum Gasteiger partial charge on any atom is 0.231 e. The van der Waals surface area contributed by atoms with Gasteiger partial charge in [-0.1, -0.05) is 12.1 Å². The highest BCUT2D eigenvalue weighted by molar-refractivity contribution is 5.43. The zero-order chi connectivity index (χ0) is 15.4. The molecule has 1 aromatic heterocycles. The van der Waals surface area contributed by atoms with Crippen molar-refractivity contribution in [2.45, 2.75) is 13.0 Å². The van der Waals surface area contributed by atoms with Gasteiger partial charge >= 0.3 is 0 Å². The molecule has 1 heterocycles. The van der Waals surface area contributed by atoms with Crippen LogP contribution in [0.3, 0.4) is 0 Å². The molecule has 2 aromatic rings. The van der Waals surface area contributed by atoms with Gasteiger partial charge in [-0.25, -0.2) is 4.39 Å². The first-order valence-corrected chi connectivity index (χ1v) is 6.62. The molecule has 0 saturated heterocycles. The fraction of sp³-hybridized carbons (Fsp3) is 0.357. The molecule has 1 atom stereocenters. The van der Waals surface area contributed by atoms with Gasteiger partial charge in [0, 0.05) is 21.1 Å². The minimum Gasteiger partial charge on any atom is -0.357 e. The van der Waals surface area contributed by atoms with Crippen molar-refractivity contribution in [2.75, 3.05) is 36.7 Å². The second-order valence-electron chi connectivity index (χ2n) is 4.84. The highest BCUT2D eigenvalue weighted by Gasteiger charge is 2.11. The largest absolute Gasteiger partial charge is 0.357 e. The van der Waals surface area contributed by atoms with E-state index < -0.39 is 0 Å². The monoisotopic (exact) mass is 290 g/mol. The Labute approximate surface area is 123 Å². The lowest BCUT2D eigenvalue weighted by molar-refractivity contribution is 0.626. The summed E-state index contributed by atoms with van der Waals surface area (Å²) in [5.74, 6) is 1.26. The second kappa shape index (κ2) is 6.34. The number of aromatic nitrogens is 3. The van der Waals surface area contributed by atoms with Crippen LogP contribution in [0.25, 0.3) is 0 Å². The van der Waals surface area contributed by atoms with Crippen LogP contribution in [-0.2, 0) is 0 Å². The Hall–Kier alpha value is -2.44. The molecule has 0 fully saturated rings. The van der Waals surface area contributed by atoms with Crippen molar-refractivity contribution in [3.8, 4) is 0 Å². The highest BCUT2D eigenvalue weighted by Crippen LogP contribution is 2.19. The fourth-order valence-electron chi connectivity index (χ4n) is 1.77. The van der Waals surface area contributed by atoms with E-state index >= 15 is 0 Å². The summed E-state index contributed by atoms with van der Waals surface area (Å²) in [4.78, 5) is 14.7. The van der Waals surface area contributed by atoms with Crippen molar-refractivity contribution >= 4 is 17.8 Å². The molecular weight excluding hydrogens is 271 g/mol. The summed E-state index contributed by atoms with van der Waals surface area (Å²) in [6, 6.07) is 6.30. The lowest BCUT2D eigenvalue weighted by atomic mass is 10.1. The molecule has 21 heavy (non-hydrogen) atoms. The van der Waals surface area contributed by atoms with Crippen LogP contribution in [0.2, 0.25) is 0 Å². The number of rotatable bonds is 5. The standard InChI is InChI=1S/C14H19FN6/c1-9(10-5-7-11(15)8-6-10)17-13-18-12(16-2)19-14(20-13)21(3)4/h5-9H,1-4H3,(H2,16,17,18,19,20). The Bertz CT molecular complexity index is 599. The molecule has 112 valence electrons. The summed E-state index contributed by atoms with van der Waals surface area (Å²) in [5, 5.41) is 6.10. The van der Waals surface area contributed by atoms with Crippen molar-refractivity contribution < 1.29 is 4.39 Å². The Kier molecular flexibility index (Phi) is 4.52. The summed E-state index contributed by atoms with van der Waals surface area (Å²) >= 11 is 0. The van der Waals surface area contributed by atoms with E-state index in [2.05, 4.69) is 25.6 Å². The van der Waals surface area contributed by atoms with Gasteiger partial charge in [-0.2, -0.15) is 15.0 Å². The predicted octanol–water partition coefficient (Wildman–Crippen LogP) is 2.29. The smallest absolute Gasteiger partial charge is 0.231 e. The quantitative estimate of drug-likeness (QED) is 0.881. The number of benzene rings is 1. The topological polar surface area (TPSA) is 66.0 Å². The third-order valence-corrected chi connectivity index (χ3v) is 2.96. The SMILES string of the molecule is CNc1nc(NC(C)c2ccc(F)cc2)nc(N(C)C)n1. The Morgan fingerprint density at radius 2 is 1.67 bits per heavy atom. The molecule has 0 aliphatic heterocycles. The number of hydrogen-bond acceptors (Lipinski definition) is 6. The predicted molar refractivity (Wildman–Crippen MR) is 82.1 cm³/mol. The Morgan fingerprint density at radius 3 is 2.24 bits per heavy atom. The molecule has 0 spiro atoms. The average molecular weight is 290 g/mol. The van der Waals surface area contributed by atoms with Crippen LogP contribution in [0.4, 0.5) is 22.2 Å². The van der Waals surface area contributed by atoms with Crippen molar-refractivity contribution in [1.82, 2.24) is 15.0 Å². The van der Waals surface area contributed by atoms with Crippen LogP contribution in [0.5, 0.6) is 0 Å². The summed E-state index contributed by atoms with van der Waals surface area (Å²) in [6.45, 7) is 1.96. The van der Waals surface area contributed by atoms with Gasteiger partial charge in [0.25, 0.3) is 0 Å². The molecular formula is C14H19FN6. The minimum absolute atomic E-state index is 0.0484. The van der Waals surface area contributed by atoms with E-state index in [-0.39, 0.29) is 11.9 Å². The maximum absolute atomic E-state index is 13.0. The van der Waals surface area contributed by atoms with E-state index in [1.165, 1.54) is 12.1 Å². The summed E-state index contributed by atoms with van der Waals surface area (Å²) in [5.41, 5.74) is 0.953. The van der Waals surface area contributed by atoms with E-state index in [0.717, 1.165) is 5.56 Å². The first-order chi connectivity index (χ1) is 9.99. The Balaban J connectivity index is 2.21. The van der Waals surface area contributed by atoms with Crippen LogP contribution in [0, 0.1) is 5.82 Å². The van der Waals surface area contributed by atoms with E-state index in [0.29, 0.717) is 17.8 Å². The van der Waals surface area contributed by atoms with Gasteiger partial charge in [-0.3, -0.25) is 0 Å². The molecule has 1 unspecified atom stereocenters. The molecule has 1 aromatic carbocycles. The number of anilines is 3. The van der Waals surface area contributed by atoms with Crippen molar-refractivity contribution in [3.05, 3.63) is 35.6 Å². The average Bonchev–Trinajstić information content (AvgIpc) is 2.47. The van der Waals surface area contributed by atoms with E-state index in [9.17, 15) is 4.39 Å². The van der Waals surface area contributed by atoms with E-state index in [1.807, 2.05) is 21.0 Å². The van der Waals surface area contributed by atoms with Crippen LogP contribution in [0.1, 0.15) is 18.5 Å². The molecule has 2 N–H and O–H groups in total. The first-order valence-electron chi connectivity index (χ1n) is 6.62. The fourth-order valence-corrected chi connectivity index (χ4v) is 1.77. The van der Waals surface area contributed by atoms with Crippen molar-refractivity contribution in [1.29, 1.82) is 0 Å². The minimum atomic E-state index is -0.251. The van der Waals surface area contributed by atoms with Crippen LogP contribution in [-0.4, -0.2) is 36.1 Å². The summed E-state index contributed by atoms with van der Waals surface area (Å²) in [7, 11) is 5.48. The van der Waals surface area contributed by atoms with Crippen molar-refractivity contribution in [2.24, 2.45) is 0 Å². The van der Waals surface area contributed by atoms with Crippen LogP contribution >= 0.6 is 0 Å². The van der Waals surface area contributed by atoms with Gasteiger partial charge < -0.3 is 15.5 Å². The molecule has 0 amide bonds. The molecule has 0 radical (unpaired) electrons. The second-order valence-corrected chi connectivity index (χ2v) is 4.84. The molecule has 6 nitrogen and oxygen atoms in total. The van der Waals surface area contributed by atoms with Gasteiger partial charge in [-0.05, 0) is 24.6 Å². The van der Waals surface area contributed by atoms with Gasteiger partial charge in [-0.15, -0.1) is 0 Å². The van der Waals surface area contributed by atoms with Gasteiger partial charge in [0.05, 0.1) is 6.04 Å². The number of hydrogen-bond donors (Lipinski definition) is 2. The molecule has 2 rings (SSSR count). The number of nitrogens with one attached hydrogen (secondary N) is 2. The van der Waals surface area contributed by atoms with Gasteiger partial charge in [0.15, 0.2) is 0 Å². The number of halogens is 1. The van der Waals surface area contributed by atoms with E-state index in [1.54, 1.807) is 24.1 Å². The normalized spacial score (nSPS) is 11.9. The van der Waals surface area contributed by atoms with Gasteiger partial charge in [0.1, 0.15) is 5.82 Å². The lowest BCUT2D eigenvalue weighted by Gasteiger charge is -2.17. The van der Waals surface area contributed by atoms with Gasteiger partial charge in [0.2, 0.25) is 17.8 Å². The zero-order valence-electron chi connectivity index (χ0n) is 12.6. The van der Waals surface area contributed by atoms with E-state index in [4.69, 9.17) is 0 Å². The highest BCUT2D eigenvalue weighted by atomic mass is 19.1. The molecule has 0 saturated carbocycles. The van der Waals surface area contributed by atoms with Crippen molar-refractivity contribution in [3.63, 3.8) is 0 Å². The Morgan fingerprint density at radius 1 is 1.05 bits per heavy atom. The zero-order valence-corrected chi connectivity index (χ0v) is 12.6. The van der Waals surface area contributed by atoms with Crippen LogP contribution in [0.15, 0.2) is 24.3 Å². The number of nitrogens with zero attached hydrogens (tertiary/aromatic N) is 4.